The third-order valence-electron chi connectivity index (χ3n) is 7.80. The number of amides is 1. The first-order valence-electron chi connectivity index (χ1n) is 11.9. The highest BCUT2D eigenvalue weighted by Gasteiger charge is 2.61. The van der Waals surface area contributed by atoms with Gasteiger partial charge in [0, 0.05) is 32.0 Å². The second kappa shape index (κ2) is 10.00. The predicted molar refractivity (Wildman–Crippen MR) is 137 cm³/mol. The van der Waals surface area contributed by atoms with E-state index in [4.69, 9.17) is 27.9 Å². The number of halogens is 2. The van der Waals surface area contributed by atoms with Crippen LogP contribution in [0.2, 0.25) is 10.0 Å². The number of likely N-dealkylation sites (tertiary alicyclic amines) is 1. The molecule has 1 heterocycles. The Kier molecular flexibility index (Phi) is 7.37. The first-order valence-corrected chi connectivity index (χ1v) is 12.7. The summed E-state index contributed by atoms with van der Waals surface area (Å²) in [7, 11) is 3.88. The Hall–Kier alpha value is -2.28. The predicted octanol–water partition coefficient (Wildman–Crippen LogP) is 4.83. The number of likely N-dealkylation sites (N-methyl/N-ethyl adjacent to an activating group) is 2. The summed E-state index contributed by atoms with van der Waals surface area (Å²) in [6.07, 6.45) is 2.96. The van der Waals surface area contributed by atoms with Crippen LogP contribution in [0.1, 0.15) is 43.7 Å². The fourth-order valence-corrected chi connectivity index (χ4v) is 6.38. The lowest BCUT2D eigenvalue weighted by Crippen LogP contribution is -2.68. The molecule has 1 saturated carbocycles. The molecule has 1 aliphatic heterocycles. The molecule has 1 N–H and O–H groups in total. The van der Waals surface area contributed by atoms with Crippen LogP contribution < -0.4 is 0 Å². The van der Waals surface area contributed by atoms with Gasteiger partial charge in [-0.05, 0) is 74.7 Å². The van der Waals surface area contributed by atoms with E-state index in [9.17, 15) is 14.7 Å². The molecule has 6 nitrogen and oxygen atoms in total. The zero-order chi connectivity index (χ0) is 25.4. The van der Waals surface area contributed by atoms with E-state index in [2.05, 4.69) is 4.90 Å². The van der Waals surface area contributed by atoms with Crippen molar-refractivity contribution in [3.05, 3.63) is 63.6 Å². The van der Waals surface area contributed by atoms with Crippen LogP contribution in [-0.4, -0.2) is 65.6 Å². The summed E-state index contributed by atoms with van der Waals surface area (Å²) in [6, 6.07) is 12.5. The largest absolute Gasteiger partial charge is 0.508 e. The van der Waals surface area contributed by atoms with E-state index in [1.165, 1.54) is 6.92 Å². The molecular weight excluding hydrogens is 487 g/mol. The highest BCUT2D eigenvalue weighted by molar-refractivity contribution is 6.42. The van der Waals surface area contributed by atoms with Gasteiger partial charge in [-0.1, -0.05) is 41.4 Å². The molecule has 35 heavy (non-hydrogen) atoms. The number of piperidine rings is 1. The number of hydrogen-bond donors (Lipinski definition) is 1. The van der Waals surface area contributed by atoms with E-state index in [1.54, 1.807) is 24.3 Å². The Bertz CT molecular complexity index is 1130. The van der Waals surface area contributed by atoms with Crippen molar-refractivity contribution in [2.45, 2.75) is 56.1 Å². The zero-order valence-electron chi connectivity index (χ0n) is 20.4. The number of nitrogens with zero attached hydrogens (tertiary/aromatic N) is 2. The van der Waals surface area contributed by atoms with Gasteiger partial charge in [0.15, 0.2) is 0 Å². The standard InChI is InChI=1S/C27H32Cl2N2O4/c1-18(32)35-27-10-9-21(31(3)25(34)14-19-7-8-23(28)24(29)13-19)16-26(27,11-12-30(2)17-27)20-5-4-6-22(33)15-20/h4-8,13,15,21,33H,9-12,14,16-17H2,1-3H3. The van der Waals surface area contributed by atoms with E-state index in [1.807, 2.05) is 37.2 Å². The number of phenolic OH excluding ortho intramolecular Hbond substituents is 1. The van der Waals surface area contributed by atoms with Gasteiger partial charge in [-0.25, -0.2) is 0 Å². The topological polar surface area (TPSA) is 70.1 Å². The molecule has 0 spiro atoms. The van der Waals surface area contributed by atoms with Crippen molar-refractivity contribution < 1.29 is 19.4 Å². The number of benzene rings is 2. The molecule has 3 atom stereocenters. The average molecular weight is 519 g/mol. The summed E-state index contributed by atoms with van der Waals surface area (Å²) in [5.41, 5.74) is 0.500. The molecule has 1 aliphatic carbocycles. The van der Waals surface area contributed by atoms with E-state index in [0.717, 1.165) is 24.1 Å². The minimum atomic E-state index is -0.732. The SMILES string of the molecule is CC(=O)OC12CCC(N(C)C(=O)Cc3ccc(Cl)c(Cl)c3)CC1(c1cccc(O)c1)CCN(C)C2. The van der Waals surface area contributed by atoms with Crippen LogP contribution >= 0.6 is 23.2 Å². The van der Waals surface area contributed by atoms with Gasteiger partial charge >= 0.3 is 5.97 Å². The number of ether oxygens (including phenoxy) is 1. The molecule has 0 radical (unpaired) electrons. The number of carbonyl (C=O) groups excluding carboxylic acids is 2. The van der Waals surface area contributed by atoms with Gasteiger partial charge < -0.3 is 19.6 Å². The molecule has 2 fully saturated rings. The maximum absolute atomic E-state index is 13.3. The minimum absolute atomic E-state index is 0.00707. The van der Waals surface area contributed by atoms with Crippen LogP contribution in [0.4, 0.5) is 0 Å². The highest BCUT2D eigenvalue weighted by atomic mass is 35.5. The van der Waals surface area contributed by atoms with Gasteiger partial charge in [-0.15, -0.1) is 0 Å². The minimum Gasteiger partial charge on any atom is -0.508 e. The molecule has 2 aliphatic rings. The van der Waals surface area contributed by atoms with Gasteiger partial charge in [0.25, 0.3) is 0 Å². The highest BCUT2D eigenvalue weighted by Crippen LogP contribution is 2.54. The van der Waals surface area contributed by atoms with Crippen LogP contribution in [0.3, 0.4) is 0 Å². The number of phenols is 1. The summed E-state index contributed by atoms with van der Waals surface area (Å²) in [6.45, 7) is 2.89. The lowest BCUT2D eigenvalue weighted by atomic mass is 9.55. The van der Waals surface area contributed by atoms with Crippen molar-refractivity contribution in [3.8, 4) is 5.75 Å². The van der Waals surface area contributed by atoms with Crippen LogP contribution in [-0.2, 0) is 26.2 Å². The van der Waals surface area contributed by atoms with E-state index in [0.29, 0.717) is 35.9 Å². The molecule has 3 unspecified atom stereocenters. The Balaban J connectivity index is 1.66. The Morgan fingerprint density at radius 3 is 2.63 bits per heavy atom. The maximum Gasteiger partial charge on any atom is 0.303 e. The van der Waals surface area contributed by atoms with E-state index < -0.39 is 11.0 Å². The molecule has 2 aromatic rings. The van der Waals surface area contributed by atoms with Crippen molar-refractivity contribution in [1.29, 1.82) is 0 Å². The van der Waals surface area contributed by atoms with Crippen LogP contribution in [0, 0.1) is 0 Å². The average Bonchev–Trinajstić information content (AvgIpc) is 2.80. The number of fused-ring (bicyclic) bond motifs is 1. The van der Waals surface area contributed by atoms with Crippen molar-refractivity contribution in [2.75, 3.05) is 27.2 Å². The quantitative estimate of drug-likeness (QED) is 0.574. The second-order valence-corrected chi connectivity index (χ2v) is 10.8. The first kappa shape index (κ1) is 25.8. The molecule has 188 valence electrons. The van der Waals surface area contributed by atoms with Crippen molar-refractivity contribution in [3.63, 3.8) is 0 Å². The molecule has 0 aromatic heterocycles. The molecule has 8 heteroatoms. The van der Waals surface area contributed by atoms with Crippen molar-refractivity contribution in [2.24, 2.45) is 0 Å². The van der Waals surface area contributed by atoms with Crippen molar-refractivity contribution in [1.82, 2.24) is 9.80 Å². The van der Waals surface area contributed by atoms with E-state index >= 15 is 0 Å². The van der Waals surface area contributed by atoms with E-state index in [-0.39, 0.29) is 30.1 Å². The summed E-state index contributed by atoms with van der Waals surface area (Å²) < 4.78 is 6.17. The third kappa shape index (κ3) is 5.02. The maximum atomic E-state index is 13.3. The van der Waals surface area contributed by atoms with Gasteiger partial charge in [-0.2, -0.15) is 0 Å². The number of aromatic hydroxyl groups is 1. The number of carbonyl (C=O) groups is 2. The fourth-order valence-electron chi connectivity index (χ4n) is 6.05. The van der Waals surface area contributed by atoms with Crippen LogP contribution in [0.25, 0.3) is 0 Å². The first-order chi connectivity index (χ1) is 16.5. The number of esters is 1. The zero-order valence-corrected chi connectivity index (χ0v) is 21.9. The van der Waals surface area contributed by atoms with Gasteiger partial charge in [0.1, 0.15) is 11.4 Å². The monoisotopic (exact) mass is 518 g/mol. The summed E-state index contributed by atoms with van der Waals surface area (Å²) >= 11 is 12.2. The van der Waals surface area contributed by atoms with Gasteiger partial charge in [0.05, 0.1) is 16.5 Å². The lowest BCUT2D eigenvalue weighted by Gasteiger charge is -2.59. The normalized spacial score (nSPS) is 26.6. The molecule has 1 saturated heterocycles. The Labute approximate surface area is 216 Å². The third-order valence-corrected chi connectivity index (χ3v) is 8.54. The lowest BCUT2D eigenvalue weighted by molar-refractivity contribution is -0.188. The summed E-state index contributed by atoms with van der Waals surface area (Å²) in [5, 5.41) is 11.2. The van der Waals surface area contributed by atoms with Crippen LogP contribution in [0.5, 0.6) is 5.75 Å². The number of hydrogen-bond acceptors (Lipinski definition) is 5. The molecule has 0 bridgehead atoms. The summed E-state index contributed by atoms with van der Waals surface area (Å²) in [5.74, 6) is -0.140. The Morgan fingerprint density at radius 1 is 1.17 bits per heavy atom. The molecule has 4 rings (SSSR count). The molecular formula is C27H32Cl2N2O4. The Morgan fingerprint density at radius 2 is 1.94 bits per heavy atom. The molecule has 1 amide bonds. The van der Waals surface area contributed by atoms with Crippen LogP contribution in [0.15, 0.2) is 42.5 Å². The number of rotatable bonds is 5. The van der Waals surface area contributed by atoms with Gasteiger partial charge in [-0.3, -0.25) is 9.59 Å². The van der Waals surface area contributed by atoms with Gasteiger partial charge in [0.2, 0.25) is 5.91 Å². The summed E-state index contributed by atoms with van der Waals surface area (Å²) in [4.78, 5) is 29.6. The fraction of sp³-hybridized carbons (Fsp3) is 0.481. The van der Waals surface area contributed by atoms with Crippen molar-refractivity contribution >= 4 is 35.1 Å². The molecule has 2 aromatic carbocycles. The second-order valence-electron chi connectivity index (χ2n) is 10.0. The smallest absolute Gasteiger partial charge is 0.303 e.